The van der Waals surface area contributed by atoms with Gasteiger partial charge in [-0.05, 0) is 36.3 Å². The van der Waals surface area contributed by atoms with Crippen molar-refractivity contribution in [3.05, 3.63) is 35.4 Å². The van der Waals surface area contributed by atoms with E-state index in [2.05, 4.69) is 24.5 Å². The molecule has 0 unspecified atom stereocenters. The fourth-order valence-electron chi connectivity index (χ4n) is 3.00. The molecule has 2 rings (SSSR count). The van der Waals surface area contributed by atoms with Crippen molar-refractivity contribution in [3.8, 4) is 0 Å². The first-order valence-electron chi connectivity index (χ1n) is 8.09. The van der Waals surface area contributed by atoms with Gasteiger partial charge in [0.15, 0.2) is 9.84 Å². The summed E-state index contributed by atoms with van der Waals surface area (Å²) >= 11 is 0. The number of urea groups is 1. The summed E-state index contributed by atoms with van der Waals surface area (Å²) in [6.07, 6.45) is 0.633. The van der Waals surface area contributed by atoms with E-state index in [0.29, 0.717) is 13.0 Å². The van der Waals surface area contributed by atoms with Gasteiger partial charge < -0.3 is 10.6 Å². The Bertz CT molecular complexity index is 656. The lowest BCUT2D eigenvalue weighted by Gasteiger charge is -2.25. The Balaban J connectivity index is 1.93. The summed E-state index contributed by atoms with van der Waals surface area (Å²) in [6.45, 7) is 6.58. The van der Waals surface area contributed by atoms with Crippen molar-refractivity contribution < 1.29 is 13.2 Å². The molecule has 0 aliphatic carbocycles. The Kier molecular flexibility index (Phi) is 5.68. The summed E-state index contributed by atoms with van der Waals surface area (Å²) in [4.78, 5) is 12.2. The first-order valence-corrected chi connectivity index (χ1v) is 9.91. The zero-order valence-electron chi connectivity index (χ0n) is 14.0. The lowest BCUT2D eigenvalue weighted by atomic mass is 9.93. The molecule has 0 saturated carbocycles. The predicted octanol–water partition coefficient (Wildman–Crippen LogP) is 2.43. The minimum absolute atomic E-state index is 0.0294. The van der Waals surface area contributed by atoms with Crippen molar-refractivity contribution in [1.82, 2.24) is 10.6 Å². The molecule has 5 nitrogen and oxygen atoms in total. The molecule has 1 aromatic rings. The van der Waals surface area contributed by atoms with Crippen molar-refractivity contribution in [2.45, 2.75) is 33.2 Å². The zero-order valence-corrected chi connectivity index (χ0v) is 14.8. The second-order valence-corrected chi connectivity index (χ2v) is 8.93. The summed E-state index contributed by atoms with van der Waals surface area (Å²) in [6, 6.07) is 7.72. The molecule has 6 heteroatoms. The van der Waals surface area contributed by atoms with Crippen LogP contribution in [0.3, 0.4) is 0 Å². The van der Waals surface area contributed by atoms with Crippen LogP contribution in [0, 0.1) is 18.8 Å². The average molecular weight is 338 g/mol. The Labute approximate surface area is 138 Å². The van der Waals surface area contributed by atoms with Gasteiger partial charge in [0.05, 0.1) is 17.5 Å². The lowest BCUT2D eigenvalue weighted by molar-refractivity contribution is 0.231. The number of aryl methyl sites for hydroxylation is 1. The van der Waals surface area contributed by atoms with E-state index in [0.717, 1.165) is 11.1 Å². The van der Waals surface area contributed by atoms with Crippen LogP contribution in [0.4, 0.5) is 4.79 Å². The SMILES string of the molecule is Cc1ccccc1[C@H](NC(=O)NC[C@H]1CCS(=O)(=O)C1)C(C)C. The number of rotatable bonds is 5. The standard InChI is InChI=1S/C17H26N2O3S/c1-12(2)16(15-7-5-4-6-13(15)3)19-17(20)18-10-14-8-9-23(21,22)11-14/h4-7,12,14,16H,8-11H2,1-3H3,(H2,18,19,20)/t14-,16-/m1/s1. The molecule has 0 radical (unpaired) electrons. The number of nitrogens with one attached hydrogen (secondary N) is 2. The number of hydrogen-bond acceptors (Lipinski definition) is 3. The van der Waals surface area contributed by atoms with Crippen molar-refractivity contribution in [1.29, 1.82) is 0 Å². The van der Waals surface area contributed by atoms with E-state index < -0.39 is 9.84 Å². The van der Waals surface area contributed by atoms with Crippen LogP contribution < -0.4 is 10.6 Å². The van der Waals surface area contributed by atoms with E-state index in [4.69, 9.17) is 0 Å². The second-order valence-electron chi connectivity index (χ2n) is 6.70. The van der Waals surface area contributed by atoms with Gasteiger partial charge in [0.25, 0.3) is 0 Å². The van der Waals surface area contributed by atoms with Gasteiger partial charge in [-0.1, -0.05) is 38.1 Å². The summed E-state index contributed by atoms with van der Waals surface area (Å²) in [5.74, 6) is 0.702. The number of carbonyl (C=O) groups excluding carboxylic acids is 1. The minimum atomic E-state index is -2.90. The monoisotopic (exact) mass is 338 g/mol. The van der Waals surface area contributed by atoms with Gasteiger partial charge >= 0.3 is 6.03 Å². The van der Waals surface area contributed by atoms with E-state index in [1.165, 1.54) is 0 Å². The van der Waals surface area contributed by atoms with E-state index in [9.17, 15) is 13.2 Å². The molecule has 1 aliphatic heterocycles. The smallest absolute Gasteiger partial charge is 0.315 e. The van der Waals surface area contributed by atoms with Crippen molar-refractivity contribution in [2.75, 3.05) is 18.1 Å². The normalized spacial score (nSPS) is 21.1. The Morgan fingerprint density at radius 2 is 2.00 bits per heavy atom. The van der Waals surface area contributed by atoms with Crippen LogP contribution in [0.15, 0.2) is 24.3 Å². The molecule has 0 bridgehead atoms. The fourth-order valence-corrected chi connectivity index (χ4v) is 4.86. The molecule has 1 aliphatic rings. The van der Waals surface area contributed by atoms with Crippen LogP contribution >= 0.6 is 0 Å². The highest BCUT2D eigenvalue weighted by Crippen LogP contribution is 2.24. The molecule has 1 fully saturated rings. The number of carbonyl (C=O) groups is 1. The predicted molar refractivity (Wildman–Crippen MR) is 92.1 cm³/mol. The summed E-state index contributed by atoms with van der Waals surface area (Å²) in [5.41, 5.74) is 2.26. The minimum Gasteiger partial charge on any atom is -0.338 e. The van der Waals surface area contributed by atoms with Crippen LogP contribution in [0.2, 0.25) is 0 Å². The third kappa shape index (κ3) is 4.96. The molecule has 2 N–H and O–H groups in total. The highest BCUT2D eigenvalue weighted by molar-refractivity contribution is 7.91. The highest BCUT2D eigenvalue weighted by atomic mass is 32.2. The van der Waals surface area contributed by atoms with Gasteiger partial charge in [0.2, 0.25) is 0 Å². The molecular formula is C17H26N2O3S. The summed E-state index contributed by atoms with van der Waals surface area (Å²) in [7, 11) is -2.90. The molecule has 128 valence electrons. The number of sulfone groups is 1. The van der Waals surface area contributed by atoms with Crippen LogP contribution in [0.5, 0.6) is 0 Å². The van der Waals surface area contributed by atoms with E-state index in [1.54, 1.807) is 0 Å². The van der Waals surface area contributed by atoms with Crippen LogP contribution in [0.1, 0.15) is 37.4 Å². The van der Waals surface area contributed by atoms with E-state index in [-0.39, 0.29) is 35.4 Å². The number of amides is 2. The third-order valence-electron chi connectivity index (χ3n) is 4.35. The maximum Gasteiger partial charge on any atom is 0.315 e. The van der Waals surface area contributed by atoms with Gasteiger partial charge in [-0.15, -0.1) is 0 Å². The van der Waals surface area contributed by atoms with Crippen molar-refractivity contribution in [2.24, 2.45) is 11.8 Å². The van der Waals surface area contributed by atoms with E-state index in [1.807, 2.05) is 31.2 Å². The first kappa shape index (κ1) is 17.8. The first-order chi connectivity index (χ1) is 10.8. The topological polar surface area (TPSA) is 75.3 Å². The molecule has 0 aromatic heterocycles. The van der Waals surface area contributed by atoms with E-state index >= 15 is 0 Å². The Morgan fingerprint density at radius 3 is 2.57 bits per heavy atom. The van der Waals surface area contributed by atoms with Crippen molar-refractivity contribution >= 4 is 15.9 Å². The third-order valence-corrected chi connectivity index (χ3v) is 6.19. The molecule has 2 atom stereocenters. The van der Waals surface area contributed by atoms with Crippen LogP contribution in [-0.2, 0) is 9.84 Å². The van der Waals surface area contributed by atoms with Gasteiger partial charge in [-0.2, -0.15) is 0 Å². The highest BCUT2D eigenvalue weighted by Gasteiger charge is 2.28. The van der Waals surface area contributed by atoms with Gasteiger partial charge in [0, 0.05) is 6.54 Å². The maximum absolute atomic E-state index is 12.2. The molecule has 23 heavy (non-hydrogen) atoms. The number of hydrogen-bond donors (Lipinski definition) is 2. The fraction of sp³-hybridized carbons (Fsp3) is 0.588. The largest absolute Gasteiger partial charge is 0.338 e. The lowest BCUT2D eigenvalue weighted by Crippen LogP contribution is -2.42. The molecule has 1 heterocycles. The van der Waals surface area contributed by atoms with Crippen LogP contribution in [-0.4, -0.2) is 32.5 Å². The summed E-state index contributed by atoms with van der Waals surface area (Å²) < 4.78 is 22.9. The number of benzene rings is 1. The average Bonchev–Trinajstić information content (AvgIpc) is 2.83. The second kappa shape index (κ2) is 7.34. The molecule has 0 spiro atoms. The zero-order chi connectivity index (χ0) is 17.0. The van der Waals surface area contributed by atoms with Gasteiger partial charge in [-0.3, -0.25) is 0 Å². The van der Waals surface area contributed by atoms with Crippen molar-refractivity contribution in [3.63, 3.8) is 0 Å². The summed E-state index contributed by atoms with van der Waals surface area (Å²) in [5, 5.41) is 5.84. The quantitative estimate of drug-likeness (QED) is 0.866. The Hall–Kier alpha value is -1.56. The molecular weight excluding hydrogens is 312 g/mol. The maximum atomic E-state index is 12.2. The van der Waals surface area contributed by atoms with Crippen LogP contribution in [0.25, 0.3) is 0 Å². The Morgan fingerprint density at radius 1 is 1.30 bits per heavy atom. The van der Waals surface area contributed by atoms with Gasteiger partial charge in [0.1, 0.15) is 0 Å². The molecule has 2 amide bonds. The van der Waals surface area contributed by atoms with Gasteiger partial charge in [-0.25, -0.2) is 13.2 Å². The molecule has 1 aromatic carbocycles. The molecule has 1 saturated heterocycles.